The Balaban J connectivity index is 1.09. The van der Waals surface area contributed by atoms with Crippen LogP contribution in [0.25, 0.3) is 77.2 Å². The zero-order chi connectivity index (χ0) is 38.0. The Kier molecular flexibility index (Phi) is 8.95. The standard InChI is InChI=1S/C56H39N/c1-4-14-40(15-5-1)42-24-26-43(27-25-42)44-28-33-49(34-29-44)57(56-39-48-20-10-11-21-51(48)53-22-12-13-23-54(53)56)50-35-30-46(31-36-50)55-38-47(41-16-6-2-7-17-41)32-37-52(55)45-18-8-3-9-19-45/h1-39H. The van der Waals surface area contributed by atoms with Crippen LogP contribution < -0.4 is 4.90 Å². The van der Waals surface area contributed by atoms with Crippen LogP contribution in [-0.2, 0) is 0 Å². The number of rotatable bonds is 8. The lowest BCUT2D eigenvalue weighted by Crippen LogP contribution is -2.10. The first-order valence-corrected chi connectivity index (χ1v) is 19.6. The summed E-state index contributed by atoms with van der Waals surface area (Å²) < 4.78 is 0. The van der Waals surface area contributed by atoms with Crippen LogP contribution in [0, 0.1) is 0 Å². The molecule has 0 bridgehead atoms. The van der Waals surface area contributed by atoms with Crippen LogP contribution in [0.3, 0.4) is 0 Å². The summed E-state index contributed by atoms with van der Waals surface area (Å²) in [6, 6.07) is 85.6. The first-order valence-electron chi connectivity index (χ1n) is 19.6. The lowest BCUT2D eigenvalue weighted by molar-refractivity contribution is 1.30. The van der Waals surface area contributed by atoms with E-state index in [1.165, 1.54) is 77.2 Å². The second-order valence-electron chi connectivity index (χ2n) is 14.5. The highest BCUT2D eigenvalue weighted by Crippen LogP contribution is 2.44. The summed E-state index contributed by atoms with van der Waals surface area (Å²) in [5.41, 5.74) is 15.4. The highest BCUT2D eigenvalue weighted by molar-refractivity contribution is 6.14. The fourth-order valence-corrected chi connectivity index (χ4v) is 8.19. The van der Waals surface area contributed by atoms with Crippen molar-refractivity contribution in [2.75, 3.05) is 4.90 Å². The molecule has 0 radical (unpaired) electrons. The Bertz CT molecular complexity index is 2950. The number of nitrogens with zero attached hydrogens (tertiary/aromatic N) is 1. The minimum absolute atomic E-state index is 1.10. The number of fused-ring (bicyclic) bond motifs is 3. The Morgan fingerprint density at radius 1 is 0.228 bits per heavy atom. The molecule has 1 nitrogen and oxygen atoms in total. The molecule has 10 aromatic carbocycles. The molecule has 0 heterocycles. The summed E-state index contributed by atoms with van der Waals surface area (Å²) in [6.07, 6.45) is 0. The molecule has 0 spiro atoms. The van der Waals surface area contributed by atoms with Crippen LogP contribution in [0.4, 0.5) is 17.1 Å². The van der Waals surface area contributed by atoms with Gasteiger partial charge in [-0.15, -0.1) is 0 Å². The van der Waals surface area contributed by atoms with Crippen LogP contribution in [0.5, 0.6) is 0 Å². The van der Waals surface area contributed by atoms with Gasteiger partial charge < -0.3 is 4.90 Å². The zero-order valence-corrected chi connectivity index (χ0v) is 31.5. The minimum atomic E-state index is 1.10. The van der Waals surface area contributed by atoms with E-state index in [9.17, 15) is 0 Å². The molecule has 0 amide bonds. The monoisotopic (exact) mass is 725 g/mol. The number of benzene rings is 10. The van der Waals surface area contributed by atoms with E-state index in [4.69, 9.17) is 0 Å². The molecular formula is C56H39N. The van der Waals surface area contributed by atoms with Gasteiger partial charge in [-0.1, -0.05) is 200 Å². The molecule has 0 aliphatic rings. The van der Waals surface area contributed by atoms with Gasteiger partial charge in [-0.05, 0) is 108 Å². The lowest BCUT2D eigenvalue weighted by Gasteiger charge is -2.28. The fraction of sp³-hybridized carbons (Fsp3) is 0. The van der Waals surface area contributed by atoms with Crippen LogP contribution in [-0.4, -0.2) is 0 Å². The molecule has 0 aliphatic carbocycles. The second kappa shape index (κ2) is 15.0. The molecule has 0 N–H and O–H groups in total. The summed E-state index contributed by atoms with van der Waals surface area (Å²) in [5, 5.41) is 4.93. The Labute approximate surface area is 334 Å². The van der Waals surface area contributed by atoms with E-state index in [2.05, 4.69) is 241 Å². The van der Waals surface area contributed by atoms with Crippen molar-refractivity contribution in [3.05, 3.63) is 237 Å². The Hall–Kier alpha value is -7.48. The van der Waals surface area contributed by atoms with Gasteiger partial charge in [0.15, 0.2) is 0 Å². The van der Waals surface area contributed by atoms with Crippen molar-refractivity contribution in [3.63, 3.8) is 0 Å². The average molecular weight is 726 g/mol. The van der Waals surface area contributed by atoms with Gasteiger partial charge in [0.2, 0.25) is 0 Å². The maximum atomic E-state index is 2.42. The van der Waals surface area contributed by atoms with Crippen molar-refractivity contribution < 1.29 is 0 Å². The quantitative estimate of drug-likeness (QED) is 0.141. The largest absolute Gasteiger partial charge is 0.310 e. The fourth-order valence-electron chi connectivity index (χ4n) is 8.19. The van der Waals surface area contributed by atoms with E-state index < -0.39 is 0 Å². The van der Waals surface area contributed by atoms with Crippen molar-refractivity contribution >= 4 is 38.6 Å². The van der Waals surface area contributed by atoms with Gasteiger partial charge in [-0.3, -0.25) is 0 Å². The number of anilines is 3. The van der Waals surface area contributed by atoms with E-state index in [0.717, 1.165) is 17.1 Å². The highest BCUT2D eigenvalue weighted by atomic mass is 15.1. The molecule has 0 aliphatic heterocycles. The second-order valence-corrected chi connectivity index (χ2v) is 14.5. The topological polar surface area (TPSA) is 3.24 Å². The maximum absolute atomic E-state index is 2.42. The Morgan fingerprint density at radius 2 is 0.614 bits per heavy atom. The normalized spacial score (nSPS) is 11.2. The summed E-state index contributed by atoms with van der Waals surface area (Å²) in [5.74, 6) is 0. The van der Waals surface area contributed by atoms with E-state index in [0.29, 0.717) is 0 Å². The van der Waals surface area contributed by atoms with Crippen molar-refractivity contribution in [2.45, 2.75) is 0 Å². The summed E-state index contributed by atoms with van der Waals surface area (Å²) in [6.45, 7) is 0. The average Bonchev–Trinajstić information content (AvgIpc) is 3.30. The molecule has 0 atom stereocenters. The number of hydrogen-bond donors (Lipinski definition) is 0. The first kappa shape index (κ1) is 34.0. The molecule has 0 fully saturated rings. The van der Waals surface area contributed by atoms with E-state index >= 15 is 0 Å². The molecule has 0 saturated carbocycles. The third-order valence-corrected chi connectivity index (χ3v) is 11.1. The van der Waals surface area contributed by atoms with Gasteiger partial charge in [-0.25, -0.2) is 0 Å². The third kappa shape index (κ3) is 6.66. The van der Waals surface area contributed by atoms with Crippen LogP contribution in [0.15, 0.2) is 237 Å². The predicted molar refractivity (Wildman–Crippen MR) is 243 cm³/mol. The first-order chi connectivity index (χ1) is 28.3. The van der Waals surface area contributed by atoms with Gasteiger partial charge >= 0.3 is 0 Å². The van der Waals surface area contributed by atoms with Gasteiger partial charge in [-0.2, -0.15) is 0 Å². The smallest absolute Gasteiger partial charge is 0.0546 e. The third-order valence-electron chi connectivity index (χ3n) is 11.1. The SMILES string of the molecule is c1ccc(-c2ccc(-c3ccc(N(c4ccc(-c5cc(-c6ccccc6)ccc5-c5ccccc5)cc4)c4cc5ccccc5c5ccccc45)cc3)cc2)cc1. The molecule has 0 aromatic heterocycles. The summed E-state index contributed by atoms with van der Waals surface area (Å²) in [7, 11) is 0. The molecule has 0 saturated heterocycles. The van der Waals surface area contributed by atoms with Gasteiger partial charge in [0.1, 0.15) is 0 Å². The van der Waals surface area contributed by atoms with E-state index in [1.54, 1.807) is 0 Å². The van der Waals surface area contributed by atoms with Crippen molar-refractivity contribution in [1.82, 2.24) is 0 Å². The molecule has 0 unspecified atom stereocenters. The van der Waals surface area contributed by atoms with Gasteiger partial charge in [0.05, 0.1) is 5.69 Å². The zero-order valence-electron chi connectivity index (χ0n) is 31.5. The van der Waals surface area contributed by atoms with Gasteiger partial charge in [0, 0.05) is 16.8 Å². The van der Waals surface area contributed by atoms with Gasteiger partial charge in [0.25, 0.3) is 0 Å². The molecular weight excluding hydrogens is 687 g/mol. The molecule has 268 valence electrons. The van der Waals surface area contributed by atoms with Crippen LogP contribution in [0.1, 0.15) is 0 Å². The Morgan fingerprint density at radius 3 is 1.19 bits per heavy atom. The minimum Gasteiger partial charge on any atom is -0.310 e. The summed E-state index contributed by atoms with van der Waals surface area (Å²) >= 11 is 0. The highest BCUT2D eigenvalue weighted by Gasteiger charge is 2.19. The maximum Gasteiger partial charge on any atom is 0.0546 e. The molecule has 1 heteroatoms. The van der Waals surface area contributed by atoms with E-state index in [1.807, 2.05) is 0 Å². The van der Waals surface area contributed by atoms with E-state index in [-0.39, 0.29) is 0 Å². The molecule has 10 aromatic rings. The molecule has 57 heavy (non-hydrogen) atoms. The van der Waals surface area contributed by atoms with Crippen LogP contribution >= 0.6 is 0 Å². The van der Waals surface area contributed by atoms with Crippen LogP contribution in [0.2, 0.25) is 0 Å². The predicted octanol–water partition coefficient (Wildman–Crippen LogP) is 15.8. The molecule has 10 rings (SSSR count). The van der Waals surface area contributed by atoms with Crippen molar-refractivity contribution in [3.8, 4) is 55.6 Å². The van der Waals surface area contributed by atoms with Crippen molar-refractivity contribution in [1.29, 1.82) is 0 Å². The van der Waals surface area contributed by atoms with Crippen molar-refractivity contribution in [2.24, 2.45) is 0 Å². The number of hydrogen-bond acceptors (Lipinski definition) is 1. The summed E-state index contributed by atoms with van der Waals surface area (Å²) in [4.78, 5) is 2.42. The lowest BCUT2D eigenvalue weighted by atomic mass is 9.91.